The highest BCUT2D eigenvalue weighted by Crippen LogP contribution is 2.32. The smallest absolute Gasteiger partial charge is 0.416 e. The first-order chi connectivity index (χ1) is 7.71. The summed E-state index contributed by atoms with van der Waals surface area (Å²) in [4.78, 5) is 10.4. The van der Waals surface area contributed by atoms with Gasteiger partial charge in [0.15, 0.2) is 0 Å². The molecule has 0 radical (unpaired) electrons. The van der Waals surface area contributed by atoms with Gasteiger partial charge in [0, 0.05) is 0 Å². The zero-order valence-corrected chi connectivity index (χ0v) is 8.95. The maximum atomic E-state index is 12.4. The molecule has 1 aromatic carbocycles. The van der Waals surface area contributed by atoms with E-state index in [2.05, 4.69) is 0 Å². The van der Waals surface area contributed by atoms with Crippen LogP contribution in [0.1, 0.15) is 29.2 Å². The van der Waals surface area contributed by atoms with Crippen LogP contribution in [0.15, 0.2) is 18.2 Å². The first-order valence-corrected chi connectivity index (χ1v) is 4.79. The van der Waals surface area contributed by atoms with E-state index >= 15 is 0 Å². The number of benzene rings is 1. The van der Waals surface area contributed by atoms with E-state index in [0.717, 1.165) is 18.2 Å². The molecule has 0 aliphatic carbocycles. The molecule has 0 spiro atoms. The minimum atomic E-state index is -4.44. The number of carbonyl (C=O) groups is 1. The molecule has 3 nitrogen and oxygen atoms in total. The third-order valence-corrected chi connectivity index (χ3v) is 2.32. The third-order valence-electron chi connectivity index (χ3n) is 2.32. The fourth-order valence-corrected chi connectivity index (χ4v) is 1.50. The summed E-state index contributed by atoms with van der Waals surface area (Å²) in [6.45, 7) is 1.40. The van der Waals surface area contributed by atoms with Gasteiger partial charge < -0.3 is 10.2 Å². The molecule has 1 atom stereocenters. The summed E-state index contributed by atoms with van der Waals surface area (Å²) in [5, 5.41) is 18.0. The summed E-state index contributed by atoms with van der Waals surface area (Å²) in [5.41, 5.74) is -0.407. The Bertz CT molecular complexity index is 426. The quantitative estimate of drug-likeness (QED) is 0.864. The Morgan fingerprint density at radius 2 is 2.00 bits per heavy atom. The Morgan fingerprint density at radius 3 is 2.41 bits per heavy atom. The largest absolute Gasteiger partial charge is 0.481 e. The number of rotatable bonds is 3. The van der Waals surface area contributed by atoms with E-state index in [4.69, 9.17) is 5.11 Å². The second-order valence-corrected chi connectivity index (χ2v) is 3.68. The molecule has 94 valence electrons. The van der Waals surface area contributed by atoms with Crippen molar-refractivity contribution < 1.29 is 28.2 Å². The lowest BCUT2D eigenvalue weighted by Crippen LogP contribution is -2.09. The van der Waals surface area contributed by atoms with Crippen LogP contribution in [-0.2, 0) is 11.0 Å². The maximum Gasteiger partial charge on any atom is 0.416 e. The highest BCUT2D eigenvalue weighted by atomic mass is 19.4. The summed E-state index contributed by atoms with van der Waals surface area (Å²) in [5.74, 6) is -1.21. The number of aliphatic hydroxyl groups excluding tert-OH is 1. The number of hydrogen-bond acceptors (Lipinski definition) is 2. The van der Waals surface area contributed by atoms with Crippen molar-refractivity contribution >= 4 is 5.97 Å². The molecule has 0 amide bonds. The zero-order chi connectivity index (χ0) is 13.2. The van der Waals surface area contributed by atoms with E-state index in [-0.39, 0.29) is 11.1 Å². The van der Waals surface area contributed by atoms with Crippen molar-refractivity contribution in [3.63, 3.8) is 0 Å². The van der Waals surface area contributed by atoms with Gasteiger partial charge in [-0.05, 0) is 30.2 Å². The zero-order valence-electron chi connectivity index (χ0n) is 8.95. The molecule has 0 heterocycles. The summed E-state index contributed by atoms with van der Waals surface area (Å²) in [7, 11) is 0. The first kappa shape index (κ1) is 13.5. The minimum absolute atomic E-state index is 0.195. The lowest BCUT2D eigenvalue weighted by atomic mass is 9.99. The van der Waals surface area contributed by atoms with Crippen molar-refractivity contribution in [3.05, 3.63) is 34.9 Å². The minimum Gasteiger partial charge on any atom is -0.481 e. The van der Waals surface area contributed by atoms with E-state index in [1.54, 1.807) is 0 Å². The van der Waals surface area contributed by atoms with E-state index in [1.165, 1.54) is 6.92 Å². The molecule has 0 unspecified atom stereocenters. The number of aliphatic hydroxyl groups is 1. The van der Waals surface area contributed by atoms with Crippen LogP contribution in [-0.4, -0.2) is 16.2 Å². The molecule has 0 saturated heterocycles. The van der Waals surface area contributed by atoms with Gasteiger partial charge in [0.25, 0.3) is 0 Å². The molecule has 0 aliphatic heterocycles. The molecule has 1 aromatic rings. The van der Waals surface area contributed by atoms with Gasteiger partial charge in [-0.15, -0.1) is 0 Å². The Kier molecular flexibility index (Phi) is 3.77. The fraction of sp³-hybridized carbons (Fsp3) is 0.364. The van der Waals surface area contributed by atoms with Gasteiger partial charge in [0.1, 0.15) is 0 Å². The maximum absolute atomic E-state index is 12.4. The average molecular weight is 248 g/mol. The number of alkyl halides is 3. The summed E-state index contributed by atoms with van der Waals surface area (Å²) >= 11 is 0. The van der Waals surface area contributed by atoms with Gasteiger partial charge in [-0.3, -0.25) is 4.79 Å². The lowest BCUT2D eigenvalue weighted by molar-refractivity contribution is -0.140. The summed E-state index contributed by atoms with van der Waals surface area (Å²) < 4.78 is 37.1. The standard InChI is InChI=1S/C11H11F3O3/c1-6-4-7(11(12,13)14)2-3-8(6)9(15)5-10(16)17/h2-4,9,15H,5H2,1H3,(H,16,17)/t9-/m1/s1. The molecule has 2 N–H and O–H groups in total. The van der Waals surface area contributed by atoms with Crippen molar-refractivity contribution in [1.29, 1.82) is 0 Å². The monoisotopic (exact) mass is 248 g/mol. The number of aryl methyl sites for hydroxylation is 1. The summed E-state index contributed by atoms with van der Waals surface area (Å²) in [6.07, 6.45) is -6.28. The van der Waals surface area contributed by atoms with Crippen LogP contribution in [0.25, 0.3) is 0 Å². The van der Waals surface area contributed by atoms with E-state index < -0.39 is 30.2 Å². The van der Waals surface area contributed by atoms with Crippen LogP contribution in [0.2, 0.25) is 0 Å². The molecule has 6 heteroatoms. The van der Waals surface area contributed by atoms with Crippen LogP contribution in [0, 0.1) is 6.92 Å². The molecule has 0 aliphatic rings. The van der Waals surface area contributed by atoms with Gasteiger partial charge in [0.05, 0.1) is 18.1 Å². The van der Waals surface area contributed by atoms with Crippen molar-refractivity contribution in [2.75, 3.05) is 0 Å². The number of carboxylic acids is 1. The van der Waals surface area contributed by atoms with Crippen LogP contribution < -0.4 is 0 Å². The topological polar surface area (TPSA) is 57.5 Å². The number of hydrogen-bond donors (Lipinski definition) is 2. The molecule has 1 rings (SSSR count). The summed E-state index contributed by atoms with van der Waals surface area (Å²) in [6, 6.07) is 2.82. The molecular formula is C11H11F3O3. The highest BCUT2D eigenvalue weighted by molar-refractivity contribution is 5.67. The Morgan fingerprint density at radius 1 is 1.41 bits per heavy atom. The number of halogens is 3. The van der Waals surface area contributed by atoms with Crippen molar-refractivity contribution in [2.24, 2.45) is 0 Å². The third kappa shape index (κ3) is 3.45. The first-order valence-electron chi connectivity index (χ1n) is 4.79. The average Bonchev–Trinajstić information content (AvgIpc) is 2.14. The lowest BCUT2D eigenvalue weighted by Gasteiger charge is -2.14. The second kappa shape index (κ2) is 4.75. The Balaban J connectivity index is 3.02. The van der Waals surface area contributed by atoms with Crippen LogP contribution in [0.4, 0.5) is 13.2 Å². The molecule has 0 saturated carbocycles. The predicted octanol–water partition coefficient (Wildman–Crippen LogP) is 2.52. The van der Waals surface area contributed by atoms with E-state index in [9.17, 15) is 23.1 Å². The van der Waals surface area contributed by atoms with Crippen molar-refractivity contribution in [3.8, 4) is 0 Å². The van der Waals surface area contributed by atoms with Gasteiger partial charge in [0.2, 0.25) is 0 Å². The molecule has 0 fully saturated rings. The number of aliphatic carboxylic acids is 1. The van der Waals surface area contributed by atoms with E-state index in [0.29, 0.717) is 0 Å². The van der Waals surface area contributed by atoms with Crippen LogP contribution in [0.5, 0.6) is 0 Å². The Labute approximate surface area is 95.5 Å². The second-order valence-electron chi connectivity index (χ2n) is 3.68. The van der Waals surface area contributed by atoms with E-state index in [1.807, 2.05) is 0 Å². The molecule has 17 heavy (non-hydrogen) atoms. The Hall–Kier alpha value is -1.56. The molecule has 0 bridgehead atoms. The SMILES string of the molecule is Cc1cc(C(F)(F)F)ccc1[C@H](O)CC(=O)O. The predicted molar refractivity (Wildman–Crippen MR) is 53.4 cm³/mol. The van der Waals surface area contributed by atoms with Crippen LogP contribution in [0.3, 0.4) is 0 Å². The molecular weight excluding hydrogens is 237 g/mol. The van der Waals surface area contributed by atoms with Crippen LogP contribution >= 0.6 is 0 Å². The number of carboxylic acid groups (broad SMARTS) is 1. The van der Waals surface area contributed by atoms with Crippen molar-refractivity contribution in [2.45, 2.75) is 25.6 Å². The van der Waals surface area contributed by atoms with Gasteiger partial charge in [-0.1, -0.05) is 6.07 Å². The van der Waals surface area contributed by atoms with Crippen molar-refractivity contribution in [1.82, 2.24) is 0 Å². The normalized spacial score (nSPS) is 13.5. The van der Waals surface area contributed by atoms with Gasteiger partial charge in [-0.25, -0.2) is 0 Å². The van der Waals surface area contributed by atoms with Gasteiger partial charge in [-0.2, -0.15) is 13.2 Å². The van der Waals surface area contributed by atoms with Gasteiger partial charge >= 0.3 is 12.1 Å². The molecule has 0 aromatic heterocycles. The highest BCUT2D eigenvalue weighted by Gasteiger charge is 2.31. The fourth-order valence-electron chi connectivity index (χ4n) is 1.50.